The molecule has 94 valence electrons. The Morgan fingerprint density at radius 2 is 2.33 bits per heavy atom. The third-order valence-corrected chi connectivity index (χ3v) is 4.39. The summed E-state index contributed by atoms with van der Waals surface area (Å²) in [5.74, 6) is 0. The van der Waals surface area contributed by atoms with Crippen molar-refractivity contribution in [2.24, 2.45) is 0 Å². The van der Waals surface area contributed by atoms with E-state index in [1.54, 1.807) is 11.3 Å². The molecular formula is C14H17N3S. The first kappa shape index (κ1) is 11.7. The number of hydrogen-bond donors (Lipinski definition) is 1. The van der Waals surface area contributed by atoms with Crippen LogP contribution in [-0.2, 0) is 6.42 Å². The molecule has 1 aromatic carbocycles. The van der Waals surface area contributed by atoms with E-state index in [1.807, 2.05) is 18.6 Å². The average Bonchev–Trinajstić information content (AvgIpc) is 3.01. The Morgan fingerprint density at radius 1 is 1.44 bits per heavy atom. The van der Waals surface area contributed by atoms with E-state index in [0.717, 1.165) is 18.0 Å². The van der Waals surface area contributed by atoms with Crippen LogP contribution in [0.4, 0.5) is 5.69 Å². The van der Waals surface area contributed by atoms with Gasteiger partial charge in [-0.3, -0.25) is 0 Å². The van der Waals surface area contributed by atoms with Gasteiger partial charge in [0.15, 0.2) is 0 Å². The molecule has 0 saturated carbocycles. The van der Waals surface area contributed by atoms with Crippen molar-refractivity contribution < 1.29 is 0 Å². The molecule has 4 heteroatoms. The Kier molecular flexibility index (Phi) is 3.06. The summed E-state index contributed by atoms with van der Waals surface area (Å²) in [7, 11) is 4.15. The number of anilines is 1. The lowest BCUT2D eigenvalue weighted by molar-refractivity contribution is 0.686. The van der Waals surface area contributed by atoms with Crippen LogP contribution < -0.4 is 10.2 Å². The molecule has 1 atom stereocenters. The second-order valence-electron chi connectivity index (χ2n) is 4.65. The van der Waals surface area contributed by atoms with Crippen LogP contribution >= 0.6 is 11.3 Å². The van der Waals surface area contributed by atoms with Gasteiger partial charge in [-0.15, -0.1) is 11.3 Å². The molecule has 0 aliphatic carbocycles. The number of aromatic nitrogens is 1. The molecule has 0 amide bonds. The summed E-state index contributed by atoms with van der Waals surface area (Å²) in [6.07, 6.45) is 3.01. The number of nitrogens with one attached hydrogen (secondary N) is 1. The summed E-state index contributed by atoms with van der Waals surface area (Å²) in [6, 6.07) is 6.97. The highest BCUT2D eigenvalue weighted by molar-refractivity contribution is 7.09. The Balaban J connectivity index is 1.97. The first-order chi connectivity index (χ1) is 8.79. The van der Waals surface area contributed by atoms with E-state index in [9.17, 15) is 0 Å². The van der Waals surface area contributed by atoms with Crippen molar-refractivity contribution in [2.75, 3.05) is 25.5 Å². The summed E-state index contributed by atoms with van der Waals surface area (Å²) in [5.41, 5.74) is 4.13. The number of likely N-dealkylation sites (N-methyl/N-ethyl adjacent to an activating group) is 1. The average molecular weight is 259 g/mol. The van der Waals surface area contributed by atoms with Crippen LogP contribution in [0.1, 0.15) is 22.2 Å². The zero-order valence-electron chi connectivity index (χ0n) is 10.7. The highest BCUT2D eigenvalue weighted by Crippen LogP contribution is 2.31. The lowest BCUT2D eigenvalue weighted by Crippen LogP contribution is -2.17. The first-order valence-electron chi connectivity index (χ1n) is 6.20. The zero-order chi connectivity index (χ0) is 12.5. The lowest BCUT2D eigenvalue weighted by Gasteiger charge is -2.16. The maximum absolute atomic E-state index is 4.42. The van der Waals surface area contributed by atoms with Crippen molar-refractivity contribution in [1.29, 1.82) is 0 Å². The Bertz CT molecular complexity index is 536. The van der Waals surface area contributed by atoms with Gasteiger partial charge in [-0.25, -0.2) is 4.98 Å². The standard InChI is InChI=1S/C14H17N3S/c1-15-13(14-16-6-8-18-14)11-3-4-12-10(9-11)5-7-17(12)2/h3-4,6,8-9,13,15H,5,7H2,1-2H3. The molecule has 0 fully saturated rings. The van der Waals surface area contributed by atoms with E-state index in [4.69, 9.17) is 0 Å². The molecule has 1 aliphatic rings. The number of fused-ring (bicyclic) bond motifs is 1. The Hall–Kier alpha value is -1.39. The fourth-order valence-corrected chi connectivity index (χ4v) is 3.35. The highest BCUT2D eigenvalue weighted by atomic mass is 32.1. The summed E-state index contributed by atoms with van der Waals surface area (Å²) >= 11 is 1.70. The molecule has 1 aliphatic heterocycles. The SMILES string of the molecule is CNC(c1ccc2c(c1)CCN2C)c1nccs1. The van der Waals surface area contributed by atoms with Crippen molar-refractivity contribution in [1.82, 2.24) is 10.3 Å². The normalized spacial score (nSPS) is 15.8. The number of nitrogens with zero attached hydrogens (tertiary/aromatic N) is 2. The Morgan fingerprint density at radius 3 is 3.06 bits per heavy atom. The van der Waals surface area contributed by atoms with Gasteiger partial charge >= 0.3 is 0 Å². The van der Waals surface area contributed by atoms with E-state index in [1.165, 1.54) is 16.8 Å². The van der Waals surface area contributed by atoms with Gasteiger partial charge in [0, 0.05) is 30.9 Å². The van der Waals surface area contributed by atoms with Gasteiger partial charge in [0.1, 0.15) is 5.01 Å². The predicted molar refractivity (Wildman–Crippen MR) is 76.4 cm³/mol. The minimum atomic E-state index is 0.209. The summed E-state index contributed by atoms with van der Waals surface area (Å²) in [4.78, 5) is 6.73. The fourth-order valence-electron chi connectivity index (χ4n) is 2.58. The summed E-state index contributed by atoms with van der Waals surface area (Å²) in [5, 5.41) is 6.51. The van der Waals surface area contributed by atoms with Gasteiger partial charge in [-0.2, -0.15) is 0 Å². The molecule has 18 heavy (non-hydrogen) atoms. The smallest absolute Gasteiger partial charge is 0.114 e. The maximum atomic E-state index is 4.42. The third kappa shape index (κ3) is 1.91. The molecule has 1 unspecified atom stereocenters. The Labute approximate surface area is 111 Å². The zero-order valence-corrected chi connectivity index (χ0v) is 11.5. The van der Waals surface area contributed by atoms with Crippen LogP contribution in [0.5, 0.6) is 0 Å². The topological polar surface area (TPSA) is 28.2 Å². The monoisotopic (exact) mass is 259 g/mol. The van der Waals surface area contributed by atoms with Gasteiger partial charge in [0.05, 0.1) is 6.04 Å². The van der Waals surface area contributed by atoms with Gasteiger partial charge in [0.2, 0.25) is 0 Å². The largest absolute Gasteiger partial charge is 0.374 e. The fraction of sp³-hybridized carbons (Fsp3) is 0.357. The third-order valence-electron chi connectivity index (χ3n) is 3.55. The second-order valence-corrected chi connectivity index (χ2v) is 5.58. The van der Waals surface area contributed by atoms with Crippen LogP contribution in [-0.4, -0.2) is 25.6 Å². The number of thiazole rings is 1. The van der Waals surface area contributed by atoms with Crippen molar-refractivity contribution in [3.8, 4) is 0 Å². The van der Waals surface area contributed by atoms with Crippen LogP contribution in [0.2, 0.25) is 0 Å². The van der Waals surface area contributed by atoms with E-state index in [-0.39, 0.29) is 6.04 Å². The number of rotatable bonds is 3. The molecule has 2 aromatic rings. The van der Waals surface area contributed by atoms with Crippen molar-refractivity contribution in [2.45, 2.75) is 12.5 Å². The minimum absolute atomic E-state index is 0.209. The highest BCUT2D eigenvalue weighted by Gasteiger charge is 2.20. The second kappa shape index (κ2) is 4.71. The van der Waals surface area contributed by atoms with Gasteiger partial charge in [-0.1, -0.05) is 12.1 Å². The molecule has 1 aromatic heterocycles. The molecule has 0 radical (unpaired) electrons. The molecule has 0 saturated heterocycles. The molecular weight excluding hydrogens is 242 g/mol. The molecule has 0 bridgehead atoms. The van der Waals surface area contributed by atoms with E-state index in [0.29, 0.717) is 0 Å². The molecule has 2 heterocycles. The molecule has 3 rings (SSSR count). The molecule has 0 spiro atoms. The molecule has 3 nitrogen and oxygen atoms in total. The van der Waals surface area contributed by atoms with Crippen LogP contribution in [0, 0.1) is 0 Å². The maximum Gasteiger partial charge on any atom is 0.114 e. The van der Waals surface area contributed by atoms with Crippen LogP contribution in [0.3, 0.4) is 0 Å². The van der Waals surface area contributed by atoms with E-state index < -0.39 is 0 Å². The quantitative estimate of drug-likeness (QED) is 0.917. The van der Waals surface area contributed by atoms with Crippen molar-refractivity contribution in [3.05, 3.63) is 45.9 Å². The predicted octanol–water partition coefficient (Wildman–Crippen LogP) is 2.44. The summed E-state index contributed by atoms with van der Waals surface area (Å²) in [6.45, 7) is 1.13. The van der Waals surface area contributed by atoms with Crippen molar-refractivity contribution in [3.63, 3.8) is 0 Å². The summed E-state index contributed by atoms with van der Waals surface area (Å²) < 4.78 is 0. The first-order valence-corrected chi connectivity index (χ1v) is 7.08. The number of benzene rings is 1. The van der Waals surface area contributed by atoms with E-state index >= 15 is 0 Å². The van der Waals surface area contributed by atoms with Gasteiger partial charge in [0.25, 0.3) is 0 Å². The van der Waals surface area contributed by atoms with Crippen molar-refractivity contribution >= 4 is 17.0 Å². The molecule has 1 N–H and O–H groups in total. The van der Waals surface area contributed by atoms with Crippen LogP contribution in [0.25, 0.3) is 0 Å². The van der Waals surface area contributed by atoms with Gasteiger partial charge < -0.3 is 10.2 Å². The number of hydrogen-bond acceptors (Lipinski definition) is 4. The minimum Gasteiger partial charge on any atom is -0.374 e. The van der Waals surface area contributed by atoms with Gasteiger partial charge in [-0.05, 0) is 30.7 Å². The lowest BCUT2D eigenvalue weighted by atomic mass is 10.0. The van der Waals surface area contributed by atoms with Crippen LogP contribution in [0.15, 0.2) is 29.8 Å². The van der Waals surface area contributed by atoms with E-state index in [2.05, 4.69) is 40.4 Å².